The van der Waals surface area contributed by atoms with Gasteiger partial charge in [0.05, 0.1) is 16.1 Å². The minimum atomic E-state index is -0.438. The zero-order valence-electron chi connectivity index (χ0n) is 9.63. The van der Waals surface area contributed by atoms with Crippen LogP contribution in [0.3, 0.4) is 0 Å². The van der Waals surface area contributed by atoms with Gasteiger partial charge in [0, 0.05) is 15.6 Å². The van der Waals surface area contributed by atoms with Gasteiger partial charge in [0.2, 0.25) is 0 Å². The molecule has 0 fully saturated rings. The molecule has 1 unspecified atom stereocenters. The molecule has 0 spiro atoms. The number of nitrogens with one attached hydrogen (secondary N) is 1. The van der Waals surface area contributed by atoms with Crippen LogP contribution in [0.5, 0.6) is 0 Å². The van der Waals surface area contributed by atoms with Gasteiger partial charge in [-0.25, -0.2) is 5.43 Å². The van der Waals surface area contributed by atoms with Gasteiger partial charge in [-0.2, -0.15) is 0 Å². The summed E-state index contributed by atoms with van der Waals surface area (Å²) in [5, 5.41) is 1.88. The third-order valence-corrected chi connectivity index (χ3v) is 4.24. The molecule has 0 bridgehead atoms. The lowest BCUT2D eigenvalue weighted by atomic mass is 9.99. The molecule has 0 aliphatic heterocycles. The van der Waals surface area contributed by atoms with E-state index in [0.29, 0.717) is 31.2 Å². The predicted octanol–water partition coefficient (Wildman–Crippen LogP) is 4.85. The van der Waals surface area contributed by atoms with Crippen LogP contribution < -0.4 is 11.3 Å². The SMILES string of the molecule is NNC(c1cccc(Cl)c1Cl)c1c(Cl)cccc1Cl. The molecule has 0 aliphatic carbocycles. The summed E-state index contributed by atoms with van der Waals surface area (Å²) < 4.78 is 0. The Bertz CT molecular complexity index is 581. The van der Waals surface area contributed by atoms with Gasteiger partial charge < -0.3 is 0 Å². The third-order valence-electron chi connectivity index (χ3n) is 2.75. The van der Waals surface area contributed by atoms with E-state index in [4.69, 9.17) is 52.2 Å². The molecular weight excluding hydrogens is 326 g/mol. The highest BCUT2D eigenvalue weighted by Crippen LogP contribution is 2.38. The number of hydrogen-bond acceptors (Lipinski definition) is 2. The molecule has 2 nitrogen and oxygen atoms in total. The summed E-state index contributed by atoms with van der Waals surface area (Å²) in [5.41, 5.74) is 4.05. The van der Waals surface area contributed by atoms with E-state index in [1.54, 1.807) is 30.3 Å². The molecule has 0 radical (unpaired) electrons. The summed E-state index contributed by atoms with van der Waals surface area (Å²) in [5.74, 6) is 5.62. The van der Waals surface area contributed by atoms with Gasteiger partial charge in [-0.1, -0.05) is 64.6 Å². The van der Waals surface area contributed by atoms with Gasteiger partial charge in [0.15, 0.2) is 0 Å². The van der Waals surface area contributed by atoms with E-state index in [-0.39, 0.29) is 0 Å². The van der Waals surface area contributed by atoms with Gasteiger partial charge in [-0.05, 0) is 23.8 Å². The van der Waals surface area contributed by atoms with Crippen molar-refractivity contribution in [1.82, 2.24) is 5.43 Å². The van der Waals surface area contributed by atoms with E-state index < -0.39 is 6.04 Å². The minimum Gasteiger partial charge on any atom is -0.271 e. The van der Waals surface area contributed by atoms with Crippen molar-refractivity contribution in [3.8, 4) is 0 Å². The quantitative estimate of drug-likeness (QED) is 0.621. The molecule has 2 aromatic carbocycles. The molecule has 0 saturated heterocycles. The number of benzene rings is 2. The average molecular weight is 336 g/mol. The standard InChI is InChI=1S/C13H10Cl4N2/c14-8-4-2-5-9(15)11(8)13(19-18)7-3-1-6-10(16)12(7)17/h1-6,13,19H,18H2. The maximum absolute atomic E-state index is 6.21. The summed E-state index contributed by atoms with van der Waals surface area (Å²) >= 11 is 24.6. The monoisotopic (exact) mass is 334 g/mol. The largest absolute Gasteiger partial charge is 0.271 e. The third kappa shape index (κ3) is 3.00. The summed E-state index contributed by atoms with van der Waals surface area (Å²) in [6, 6.07) is 10.1. The van der Waals surface area contributed by atoms with Crippen LogP contribution >= 0.6 is 46.4 Å². The average Bonchev–Trinajstić information content (AvgIpc) is 2.38. The zero-order chi connectivity index (χ0) is 14.0. The molecule has 1 atom stereocenters. The first kappa shape index (κ1) is 14.9. The van der Waals surface area contributed by atoms with Gasteiger partial charge in [0.25, 0.3) is 0 Å². The summed E-state index contributed by atoms with van der Waals surface area (Å²) in [4.78, 5) is 0. The molecule has 0 saturated carbocycles. The summed E-state index contributed by atoms with van der Waals surface area (Å²) in [7, 11) is 0. The predicted molar refractivity (Wildman–Crippen MR) is 82.1 cm³/mol. The Morgan fingerprint density at radius 3 is 1.95 bits per heavy atom. The van der Waals surface area contributed by atoms with Crippen LogP contribution in [0.2, 0.25) is 20.1 Å². The molecule has 100 valence electrons. The number of hydrogen-bond donors (Lipinski definition) is 2. The van der Waals surface area contributed by atoms with Crippen molar-refractivity contribution in [2.24, 2.45) is 5.84 Å². The van der Waals surface area contributed by atoms with E-state index in [2.05, 4.69) is 5.43 Å². The molecule has 0 aliphatic rings. The Balaban J connectivity index is 2.60. The molecule has 0 heterocycles. The lowest BCUT2D eigenvalue weighted by molar-refractivity contribution is 0.637. The van der Waals surface area contributed by atoms with E-state index in [1.165, 1.54) is 0 Å². The maximum Gasteiger partial charge on any atom is 0.0754 e. The van der Waals surface area contributed by atoms with E-state index in [9.17, 15) is 0 Å². The number of rotatable bonds is 3. The molecule has 2 aromatic rings. The zero-order valence-corrected chi connectivity index (χ0v) is 12.7. The highest BCUT2D eigenvalue weighted by molar-refractivity contribution is 6.42. The van der Waals surface area contributed by atoms with Crippen LogP contribution in [0.25, 0.3) is 0 Å². The van der Waals surface area contributed by atoms with Crippen molar-refractivity contribution in [3.63, 3.8) is 0 Å². The van der Waals surface area contributed by atoms with Gasteiger partial charge in [0.1, 0.15) is 0 Å². The summed E-state index contributed by atoms with van der Waals surface area (Å²) in [6.07, 6.45) is 0. The van der Waals surface area contributed by atoms with Gasteiger partial charge in [-0.15, -0.1) is 0 Å². The number of nitrogens with two attached hydrogens (primary N) is 1. The van der Waals surface area contributed by atoms with Crippen LogP contribution in [0.1, 0.15) is 17.2 Å². The Hall–Kier alpha value is -0.480. The minimum absolute atomic E-state index is 0.420. The van der Waals surface area contributed by atoms with E-state index >= 15 is 0 Å². The van der Waals surface area contributed by atoms with Gasteiger partial charge in [-0.3, -0.25) is 5.84 Å². The highest BCUT2D eigenvalue weighted by atomic mass is 35.5. The van der Waals surface area contributed by atoms with Crippen LogP contribution in [-0.2, 0) is 0 Å². The van der Waals surface area contributed by atoms with Crippen molar-refractivity contribution in [2.75, 3.05) is 0 Å². The van der Waals surface area contributed by atoms with Crippen molar-refractivity contribution in [1.29, 1.82) is 0 Å². The summed E-state index contributed by atoms with van der Waals surface area (Å²) in [6.45, 7) is 0. The molecule has 0 amide bonds. The van der Waals surface area contributed by atoms with Crippen LogP contribution in [0.15, 0.2) is 36.4 Å². The molecule has 3 N–H and O–H groups in total. The Morgan fingerprint density at radius 2 is 1.37 bits per heavy atom. The lowest BCUT2D eigenvalue weighted by Gasteiger charge is -2.21. The molecule has 2 rings (SSSR count). The molecule has 19 heavy (non-hydrogen) atoms. The smallest absolute Gasteiger partial charge is 0.0754 e. The van der Waals surface area contributed by atoms with Crippen LogP contribution in [0, 0.1) is 0 Å². The van der Waals surface area contributed by atoms with Crippen molar-refractivity contribution < 1.29 is 0 Å². The van der Waals surface area contributed by atoms with Crippen molar-refractivity contribution >= 4 is 46.4 Å². The second-order valence-corrected chi connectivity index (χ2v) is 5.48. The Labute approximate surface area is 131 Å². The van der Waals surface area contributed by atoms with E-state index in [0.717, 1.165) is 0 Å². The second-order valence-electron chi connectivity index (χ2n) is 3.88. The van der Waals surface area contributed by atoms with Crippen LogP contribution in [0.4, 0.5) is 0 Å². The van der Waals surface area contributed by atoms with Gasteiger partial charge >= 0.3 is 0 Å². The topological polar surface area (TPSA) is 38.0 Å². The Kier molecular flexibility index (Phi) is 4.96. The Morgan fingerprint density at radius 1 is 0.842 bits per heavy atom. The second kappa shape index (κ2) is 6.31. The highest BCUT2D eigenvalue weighted by Gasteiger charge is 2.21. The first-order valence-electron chi connectivity index (χ1n) is 5.40. The maximum atomic E-state index is 6.21. The normalized spacial score (nSPS) is 12.5. The first-order valence-corrected chi connectivity index (χ1v) is 6.91. The number of hydrazine groups is 1. The molecular formula is C13H10Cl4N2. The van der Waals surface area contributed by atoms with Crippen molar-refractivity contribution in [3.05, 3.63) is 67.6 Å². The molecule has 0 aromatic heterocycles. The lowest BCUT2D eigenvalue weighted by Crippen LogP contribution is -2.29. The fourth-order valence-electron chi connectivity index (χ4n) is 1.86. The van der Waals surface area contributed by atoms with Crippen LogP contribution in [-0.4, -0.2) is 0 Å². The molecule has 6 heteroatoms. The van der Waals surface area contributed by atoms with E-state index in [1.807, 2.05) is 6.07 Å². The fraction of sp³-hybridized carbons (Fsp3) is 0.0769. The first-order chi connectivity index (χ1) is 9.06. The number of halogens is 4. The fourth-order valence-corrected chi connectivity index (χ4v) is 2.89. The van der Waals surface area contributed by atoms with Crippen molar-refractivity contribution in [2.45, 2.75) is 6.04 Å².